The number of thiophene rings is 1. The standard InChI is InChI=1S/C20H20N4O4S2/c1-2-23-19(26)17-12-7-3-6-10-15(12)30-18(17)22-20(23)29-11-16(25)21-13-8-4-5-9-14(13)24(27)28/h4-5,8-9H,2-3,6-7,10-11H2,1H3,(H,21,25). The van der Waals surface area contributed by atoms with E-state index in [0.29, 0.717) is 11.7 Å². The molecule has 1 aromatic carbocycles. The number of aryl methyl sites for hydroxylation is 2. The van der Waals surface area contributed by atoms with Crippen molar-refractivity contribution in [3.05, 3.63) is 55.2 Å². The number of carbonyl (C=O) groups excluding carboxylic acids is 1. The summed E-state index contributed by atoms with van der Waals surface area (Å²) in [5, 5.41) is 14.9. The van der Waals surface area contributed by atoms with Crippen LogP contribution in [0, 0.1) is 10.1 Å². The Morgan fingerprint density at radius 1 is 1.33 bits per heavy atom. The highest BCUT2D eigenvalue weighted by atomic mass is 32.2. The number of para-hydroxylation sites is 2. The van der Waals surface area contributed by atoms with Gasteiger partial charge in [-0.05, 0) is 44.2 Å². The first-order valence-corrected chi connectivity index (χ1v) is 11.5. The Bertz CT molecular complexity index is 1200. The predicted molar refractivity (Wildman–Crippen MR) is 119 cm³/mol. The molecule has 0 bridgehead atoms. The molecule has 1 N–H and O–H groups in total. The lowest BCUT2D eigenvalue weighted by Gasteiger charge is -2.12. The Balaban J connectivity index is 1.58. The minimum Gasteiger partial charge on any atom is -0.320 e. The van der Waals surface area contributed by atoms with Gasteiger partial charge >= 0.3 is 0 Å². The lowest BCUT2D eigenvalue weighted by atomic mass is 9.97. The van der Waals surface area contributed by atoms with E-state index >= 15 is 0 Å². The van der Waals surface area contributed by atoms with Gasteiger partial charge in [-0.1, -0.05) is 23.9 Å². The Kier molecular flexibility index (Phi) is 5.87. The minimum atomic E-state index is -0.536. The number of hydrogen-bond acceptors (Lipinski definition) is 7. The third-order valence-corrected chi connectivity index (χ3v) is 7.23. The summed E-state index contributed by atoms with van der Waals surface area (Å²) < 4.78 is 1.60. The number of rotatable bonds is 6. The van der Waals surface area contributed by atoms with Crippen LogP contribution in [0.25, 0.3) is 10.2 Å². The molecule has 0 unspecified atom stereocenters. The second-order valence-corrected chi connectivity index (χ2v) is 8.97. The van der Waals surface area contributed by atoms with Gasteiger partial charge in [0.25, 0.3) is 11.2 Å². The molecule has 30 heavy (non-hydrogen) atoms. The van der Waals surface area contributed by atoms with Crippen LogP contribution in [0.2, 0.25) is 0 Å². The Hall–Kier alpha value is -2.72. The zero-order valence-electron chi connectivity index (χ0n) is 16.3. The summed E-state index contributed by atoms with van der Waals surface area (Å²) in [6.07, 6.45) is 4.13. The molecule has 10 heteroatoms. The van der Waals surface area contributed by atoms with Crippen LogP contribution >= 0.6 is 23.1 Å². The molecule has 0 spiro atoms. The van der Waals surface area contributed by atoms with Crippen molar-refractivity contribution >= 4 is 50.6 Å². The molecule has 4 rings (SSSR count). The number of amides is 1. The van der Waals surface area contributed by atoms with Gasteiger partial charge in [-0.2, -0.15) is 0 Å². The van der Waals surface area contributed by atoms with Crippen LogP contribution in [0.15, 0.2) is 34.2 Å². The summed E-state index contributed by atoms with van der Waals surface area (Å²) in [6, 6.07) is 6.00. The number of fused-ring (bicyclic) bond motifs is 3. The normalized spacial score (nSPS) is 13.2. The largest absolute Gasteiger partial charge is 0.320 e. The molecule has 0 radical (unpaired) electrons. The number of nitrogens with zero attached hydrogens (tertiary/aromatic N) is 3. The van der Waals surface area contributed by atoms with Crippen LogP contribution in [0.4, 0.5) is 11.4 Å². The molecule has 8 nitrogen and oxygen atoms in total. The summed E-state index contributed by atoms with van der Waals surface area (Å²) in [5.74, 6) is -0.397. The maximum Gasteiger partial charge on any atom is 0.292 e. The van der Waals surface area contributed by atoms with Crippen molar-refractivity contribution in [2.75, 3.05) is 11.1 Å². The number of benzene rings is 1. The number of nitrogens with one attached hydrogen (secondary N) is 1. The molecule has 3 aromatic rings. The van der Waals surface area contributed by atoms with Gasteiger partial charge in [0, 0.05) is 17.5 Å². The quantitative estimate of drug-likeness (QED) is 0.267. The molecule has 0 saturated carbocycles. The lowest BCUT2D eigenvalue weighted by Crippen LogP contribution is -2.24. The van der Waals surface area contributed by atoms with E-state index in [0.717, 1.165) is 53.2 Å². The van der Waals surface area contributed by atoms with Crippen molar-refractivity contribution in [3.8, 4) is 0 Å². The van der Waals surface area contributed by atoms with E-state index in [4.69, 9.17) is 4.98 Å². The van der Waals surface area contributed by atoms with Crippen LogP contribution in [-0.4, -0.2) is 26.1 Å². The summed E-state index contributed by atoms with van der Waals surface area (Å²) >= 11 is 2.74. The Morgan fingerprint density at radius 3 is 2.87 bits per heavy atom. The maximum absolute atomic E-state index is 13.1. The predicted octanol–water partition coefficient (Wildman–Crippen LogP) is 4.00. The van der Waals surface area contributed by atoms with Crippen molar-refractivity contribution in [2.45, 2.75) is 44.3 Å². The van der Waals surface area contributed by atoms with Crippen LogP contribution in [0.1, 0.15) is 30.2 Å². The molecule has 2 heterocycles. The van der Waals surface area contributed by atoms with Gasteiger partial charge in [-0.3, -0.25) is 24.3 Å². The first kappa shape index (κ1) is 20.5. The number of nitro benzene ring substituents is 1. The highest BCUT2D eigenvalue weighted by Crippen LogP contribution is 2.34. The van der Waals surface area contributed by atoms with Crippen molar-refractivity contribution in [1.29, 1.82) is 0 Å². The number of carbonyl (C=O) groups is 1. The maximum atomic E-state index is 13.1. The second-order valence-electron chi connectivity index (χ2n) is 6.95. The van der Waals surface area contributed by atoms with Crippen molar-refractivity contribution in [1.82, 2.24) is 9.55 Å². The molecule has 0 saturated heterocycles. The van der Waals surface area contributed by atoms with Gasteiger partial charge in [0.1, 0.15) is 10.5 Å². The average Bonchev–Trinajstić information content (AvgIpc) is 3.11. The highest BCUT2D eigenvalue weighted by Gasteiger charge is 2.22. The SMILES string of the molecule is CCn1c(SCC(=O)Nc2ccccc2[N+](=O)[O-])nc2sc3c(c2c1=O)CCCC3. The first-order chi connectivity index (χ1) is 14.5. The Morgan fingerprint density at radius 2 is 2.10 bits per heavy atom. The van der Waals surface area contributed by atoms with E-state index in [1.165, 1.54) is 17.0 Å². The third kappa shape index (κ3) is 3.84. The summed E-state index contributed by atoms with van der Waals surface area (Å²) in [7, 11) is 0. The molecule has 2 aromatic heterocycles. The third-order valence-electron chi connectivity index (χ3n) is 5.06. The number of nitro groups is 1. The summed E-state index contributed by atoms with van der Waals surface area (Å²) in [4.78, 5) is 42.8. The van der Waals surface area contributed by atoms with Gasteiger partial charge in [0.05, 0.1) is 16.1 Å². The van der Waals surface area contributed by atoms with E-state index < -0.39 is 10.8 Å². The second kappa shape index (κ2) is 8.57. The van der Waals surface area contributed by atoms with E-state index in [2.05, 4.69) is 5.32 Å². The number of thioether (sulfide) groups is 1. The van der Waals surface area contributed by atoms with Crippen LogP contribution < -0.4 is 10.9 Å². The van der Waals surface area contributed by atoms with Gasteiger partial charge in [-0.15, -0.1) is 11.3 Å². The average molecular weight is 445 g/mol. The topological polar surface area (TPSA) is 107 Å². The molecule has 0 aliphatic heterocycles. The smallest absolute Gasteiger partial charge is 0.292 e. The van der Waals surface area contributed by atoms with Crippen LogP contribution in [0.3, 0.4) is 0 Å². The molecule has 156 valence electrons. The van der Waals surface area contributed by atoms with Gasteiger partial charge < -0.3 is 5.32 Å². The van der Waals surface area contributed by atoms with Crippen molar-refractivity contribution < 1.29 is 9.72 Å². The van der Waals surface area contributed by atoms with E-state index in [9.17, 15) is 19.7 Å². The molecule has 1 amide bonds. The molecular formula is C20H20N4O4S2. The van der Waals surface area contributed by atoms with Crippen LogP contribution in [0.5, 0.6) is 0 Å². The van der Waals surface area contributed by atoms with Gasteiger partial charge in [0.2, 0.25) is 5.91 Å². The van der Waals surface area contributed by atoms with Gasteiger partial charge in [-0.25, -0.2) is 4.98 Å². The molecule has 1 aliphatic carbocycles. The fourth-order valence-electron chi connectivity index (χ4n) is 3.66. The number of hydrogen-bond donors (Lipinski definition) is 1. The van der Waals surface area contributed by atoms with E-state index in [-0.39, 0.29) is 22.7 Å². The fraction of sp³-hybridized carbons (Fsp3) is 0.350. The summed E-state index contributed by atoms with van der Waals surface area (Å²) in [5.41, 5.74) is 1.08. The molecule has 1 aliphatic rings. The highest BCUT2D eigenvalue weighted by molar-refractivity contribution is 7.99. The zero-order chi connectivity index (χ0) is 21.3. The minimum absolute atomic E-state index is 0.00488. The number of anilines is 1. The van der Waals surface area contributed by atoms with Crippen molar-refractivity contribution in [3.63, 3.8) is 0 Å². The van der Waals surface area contributed by atoms with Crippen molar-refractivity contribution in [2.24, 2.45) is 0 Å². The lowest BCUT2D eigenvalue weighted by molar-refractivity contribution is -0.383. The van der Waals surface area contributed by atoms with E-state index in [1.807, 2.05) is 6.92 Å². The fourth-order valence-corrected chi connectivity index (χ4v) is 5.83. The molecular weight excluding hydrogens is 424 g/mol. The molecule has 0 fully saturated rings. The van der Waals surface area contributed by atoms with Crippen LogP contribution in [-0.2, 0) is 24.2 Å². The summed E-state index contributed by atoms with van der Waals surface area (Å²) in [6.45, 7) is 2.34. The first-order valence-electron chi connectivity index (χ1n) is 9.70. The van der Waals surface area contributed by atoms with Gasteiger partial charge in [0.15, 0.2) is 5.16 Å². The zero-order valence-corrected chi connectivity index (χ0v) is 18.0. The monoisotopic (exact) mass is 444 g/mol. The van der Waals surface area contributed by atoms with E-state index in [1.54, 1.807) is 28.0 Å². The molecule has 0 atom stereocenters. The number of aromatic nitrogens is 2. The Labute approximate surface area is 180 Å².